The van der Waals surface area contributed by atoms with E-state index in [-0.39, 0.29) is 5.91 Å². The van der Waals surface area contributed by atoms with E-state index in [0.29, 0.717) is 12.2 Å². The van der Waals surface area contributed by atoms with Crippen molar-refractivity contribution in [3.8, 4) is 0 Å². The van der Waals surface area contributed by atoms with Crippen molar-refractivity contribution in [1.82, 2.24) is 15.1 Å². The van der Waals surface area contributed by atoms with Crippen LogP contribution in [0.5, 0.6) is 0 Å². The summed E-state index contributed by atoms with van der Waals surface area (Å²) in [6, 6.07) is 17.2. The minimum absolute atomic E-state index is 0.153. The third-order valence-corrected chi connectivity index (χ3v) is 3.84. The number of hydrogen-bond donors (Lipinski definition) is 3. The molecule has 3 rings (SSSR count). The van der Waals surface area contributed by atoms with Crippen molar-refractivity contribution < 1.29 is 9.59 Å². The Morgan fingerprint density at radius 2 is 1.77 bits per heavy atom. The summed E-state index contributed by atoms with van der Waals surface area (Å²) in [5.74, 6) is -0.153. The molecule has 4 N–H and O–H groups in total. The zero-order chi connectivity index (χ0) is 18.4. The fourth-order valence-electron chi connectivity index (χ4n) is 2.63. The molecule has 0 bridgehead atoms. The lowest BCUT2D eigenvalue weighted by molar-refractivity contribution is -0.123. The van der Waals surface area contributed by atoms with Crippen LogP contribution in [0.4, 0.5) is 10.5 Å². The van der Waals surface area contributed by atoms with Crippen molar-refractivity contribution in [2.45, 2.75) is 12.6 Å². The highest BCUT2D eigenvalue weighted by atomic mass is 16.2. The van der Waals surface area contributed by atoms with Gasteiger partial charge in [-0.1, -0.05) is 42.5 Å². The molecule has 0 saturated carbocycles. The molecule has 3 aromatic rings. The Morgan fingerprint density at radius 1 is 1.04 bits per heavy atom. The van der Waals surface area contributed by atoms with Crippen molar-refractivity contribution in [2.24, 2.45) is 5.73 Å². The summed E-state index contributed by atoms with van der Waals surface area (Å²) < 4.78 is 1.63. The molecule has 2 aromatic carbocycles. The summed E-state index contributed by atoms with van der Waals surface area (Å²) in [5.41, 5.74) is 7.44. The number of urea groups is 1. The molecule has 7 nitrogen and oxygen atoms in total. The van der Waals surface area contributed by atoms with Gasteiger partial charge in [-0.25, -0.2) is 4.79 Å². The fourth-order valence-corrected chi connectivity index (χ4v) is 2.63. The summed E-state index contributed by atoms with van der Waals surface area (Å²) >= 11 is 0. The number of nitrogens with zero attached hydrogens (tertiary/aromatic N) is 2. The number of anilines is 1. The molecule has 1 atom stereocenters. The molecule has 0 aliphatic carbocycles. The number of hydrogen-bond acceptors (Lipinski definition) is 3. The Hall–Kier alpha value is -3.61. The second-order valence-corrected chi connectivity index (χ2v) is 5.70. The molecule has 0 saturated heterocycles. The first-order valence-electron chi connectivity index (χ1n) is 8.10. The van der Waals surface area contributed by atoms with E-state index in [9.17, 15) is 9.59 Å². The number of aromatic nitrogens is 2. The minimum atomic E-state index is -0.615. The van der Waals surface area contributed by atoms with Gasteiger partial charge in [0.2, 0.25) is 5.91 Å². The molecule has 0 aliphatic heterocycles. The van der Waals surface area contributed by atoms with E-state index in [4.69, 9.17) is 5.73 Å². The molecule has 1 heterocycles. The van der Waals surface area contributed by atoms with Crippen LogP contribution in [0.25, 0.3) is 0 Å². The second-order valence-electron chi connectivity index (χ2n) is 5.70. The summed E-state index contributed by atoms with van der Waals surface area (Å²) in [7, 11) is 0. The van der Waals surface area contributed by atoms with E-state index in [1.54, 1.807) is 35.3 Å². The van der Waals surface area contributed by atoms with Gasteiger partial charge in [0.25, 0.3) is 0 Å². The van der Waals surface area contributed by atoms with E-state index < -0.39 is 12.1 Å². The third kappa shape index (κ3) is 4.27. The SMILES string of the molecule is NC(=O)Nc1ccc(CNC(=O)[C@H](c2ccccc2)n2cccn2)cc1. The molecule has 0 spiro atoms. The van der Waals surface area contributed by atoms with Crippen LogP contribution >= 0.6 is 0 Å². The molecule has 0 unspecified atom stereocenters. The Bertz CT molecular complexity index is 861. The lowest BCUT2D eigenvalue weighted by Crippen LogP contribution is -2.33. The molecule has 7 heteroatoms. The molecule has 132 valence electrons. The average molecular weight is 349 g/mol. The number of rotatable bonds is 6. The van der Waals surface area contributed by atoms with Gasteiger partial charge in [-0.05, 0) is 29.3 Å². The maximum Gasteiger partial charge on any atom is 0.316 e. The number of amides is 3. The van der Waals surface area contributed by atoms with Crippen molar-refractivity contribution in [2.75, 3.05) is 5.32 Å². The molecule has 1 aromatic heterocycles. The van der Waals surface area contributed by atoms with Crippen LogP contribution in [0, 0.1) is 0 Å². The van der Waals surface area contributed by atoms with Gasteiger partial charge in [0, 0.05) is 24.6 Å². The highest BCUT2D eigenvalue weighted by Gasteiger charge is 2.22. The average Bonchev–Trinajstić information content (AvgIpc) is 3.16. The molecular formula is C19H19N5O2. The van der Waals surface area contributed by atoms with E-state index in [1.807, 2.05) is 42.5 Å². The predicted molar refractivity (Wildman–Crippen MR) is 98.3 cm³/mol. The predicted octanol–water partition coefficient (Wildman–Crippen LogP) is 2.28. The van der Waals surface area contributed by atoms with Gasteiger partial charge in [-0.2, -0.15) is 5.10 Å². The number of nitrogens with two attached hydrogens (primary N) is 1. The van der Waals surface area contributed by atoms with Crippen molar-refractivity contribution in [1.29, 1.82) is 0 Å². The van der Waals surface area contributed by atoms with Crippen molar-refractivity contribution >= 4 is 17.6 Å². The van der Waals surface area contributed by atoms with E-state index in [1.165, 1.54) is 0 Å². The second kappa shape index (κ2) is 7.98. The van der Waals surface area contributed by atoms with E-state index >= 15 is 0 Å². The topological polar surface area (TPSA) is 102 Å². The molecular weight excluding hydrogens is 330 g/mol. The Kier molecular flexibility index (Phi) is 5.28. The first-order chi connectivity index (χ1) is 12.6. The highest BCUT2D eigenvalue weighted by Crippen LogP contribution is 2.18. The number of carbonyl (C=O) groups is 2. The minimum Gasteiger partial charge on any atom is -0.351 e. The number of nitrogens with one attached hydrogen (secondary N) is 2. The van der Waals surface area contributed by atoms with Crippen LogP contribution in [0.1, 0.15) is 17.2 Å². The Morgan fingerprint density at radius 3 is 2.38 bits per heavy atom. The first-order valence-corrected chi connectivity index (χ1v) is 8.10. The summed E-state index contributed by atoms with van der Waals surface area (Å²) in [6.45, 7) is 0.361. The Labute approximate surface area is 150 Å². The number of primary amides is 1. The molecule has 26 heavy (non-hydrogen) atoms. The lowest BCUT2D eigenvalue weighted by atomic mass is 10.1. The molecule has 3 amide bonds. The van der Waals surface area contributed by atoms with Crippen LogP contribution in [-0.2, 0) is 11.3 Å². The maximum atomic E-state index is 12.8. The largest absolute Gasteiger partial charge is 0.351 e. The smallest absolute Gasteiger partial charge is 0.316 e. The monoisotopic (exact) mass is 349 g/mol. The van der Waals surface area contributed by atoms with Gasteiger partial charge in [-0.3, -0.25) is 9.48 Å². The van der Waals surface area contributed by atoms with Crippen LogP contribution in [0.3, 0.4) is 0 Å². The normalized spacial score (nSPS) is 11.5. The van der Waals surface area contributed by atoms with Crippen LogP contribution in [0.15, 0.2) is 73.1 Å². The van der Waals surface area contributed by atoms with Crippen molar-refractivity contribution in [3.63, 3.8) is 0 Å². The van der Waals surface area contributed by atoms with Gasteiger partial charge in [0.15, 0.2) is 6.04 Å². The fraction of sp³-hybridized carbons (Fsp3) is 0.105. The summed E-state index contributed by atoms with van der Waals surface area (Å²) in [5, 5.41) is 9.64. The number of carbonyl (C=O) groups excluding carboxylic acids is 2. The van der Waals surface area contributed by atoms with Crippen LogP contribution in [-0.4, -0.2) is 21.7 Å². The Balaban J connectivity index is 1.70. The van der Waals surface area contributed by atoms with Gasteiger partial charge in [-0.15, -0.1) is 0 Å². The standard InChI is InChI=1S/C19H19N5O2/c20-19(26)23-16-9-7-14(8-10-16)13-21-18(25)17(24-12-4-11-22-24)15-5-2-1-3-6-15/h1-12,17H,13H2,(H,21,25)(H3,20,23,26)/t17-/m0/s1. The number of benzene rings is 2. The van der Waals surface area contributed by atoms with Crippen LogP contribution in [0.2, 0.25) is 0 Å². The molecule has 0 aliphatic rings. The zero-order valence-corrected chi connectivity index (χ0v) is 14.0. The van der Waals surface area contributed by atoms with Gasteiger partial charge in [0.05, 0.1) is 0 Å². The van der Waals surface area contributed by atoms with E-state index in [0.717, 1.165) is 11.1 Å². The summed E-state index contributed by atoms with van der Waals surface area (Å²) in [4.78, 5) is 23.6. The highest BCUT2D eigenvalue weighted by molar-refractivity contribution is 5.87. The van der Waals surface area contributed by atoms with Gasteiger partial charge < -0.3 is 16.4 Å². The third-order valence-electron chi connectivity index (χ3n) is 3.84. The molecule has 0 radical (unpaired) electrons. The first kappa shape index (κ1) is 17.2. The lowest BCUT2D eigenvalue weighted by Gasteiger charge is -2.18. The van der Waals surface area contributed by atoms with Crippen molar-refractivity contribution in [3.05, 3.63) is 84.2 Å². The summed E-state index contributed by atoms with van der Waals surface area (Å²) in [6.07, 6.45) is 3.41. The van der Waals surface area contributed by atoms with Gasteiger partial charge in [0.1, 0.15) is 0 Å². The quantitative estimate of drug-likeness (QED) is 0.636. The van der Waals surface area contributed by atoms with Gasteiger partial charge >= 0.3 is 6.03 Å². The maximum absolute atomic E-state index is 12.8. The zero-order valence-electron chi connectivity index (χ0n) is 14.0. The molecule has 0 fully saturated rings. The van der Waals surface area contributed by atoms with Crippen LogP contribution < -0.4 is 16.4 Å². The van der Waals surface area contributed by atoms with E-state index in [2.05, 4.69) is 15.7 Å².